The van der Waals surface area contributed by atoms with Crippen molar-refractivity contribution in [1.29, 1.82) is 0 Å². The second-order valence-corrected chi connectivity index (χ2v) is 15.0. The zero-order valence-corrected chi connectivity index (χ0v) is 28.8. The van der Waals surface area contributed by atoms with Crippen molar-refractivity contribution < 1.29 is 28.7 Å². The highest BCUT2D eigenvalue weighted by atomic mass is 35.5. The highest BCUT2D eigenvalue weighted by molar-refractivity contribution is 6.18. The zero-order valence-electron chi connectivity index (χ0n) is 27.3. The number of rotatable bonds is 12. The van der Waals surface area contributed by atoms with Gasteiger partial charge in [0, 0.05) is 42.4 Å². The average molecular weight is 676 g/mol. The van der Waals surface area contributed by atoms with Gasteiger partial charge in [-0.1, -0.05) is 31.6 Å². The van der Waals surface area contributed by atoms with E-state index in [4.69, 9.17) is 38.4 Å². The number of ether oxygens (including phenoxy) is 2. The lowest BCUT2D eigenvalue weighted by Gasteiger charge is -2.59. The van der Waals surface area contributed by atoms with Crippen LogP contribution in [-0.4, -0.2) is 66.6 Å². The van der Waals surface area contributed by atoms with Gasteiger partial charge < -0.3 is 20.1 Å². The lowest BCUT2D eigenvalue weighted by atomic mass is 9.46. The Morgan fingerprint density at radius 3 is 2.43 bits per heavy atom. The highest BCUT2D eigenvalue weighted by Crippen LogP contribution is 2.68. The number of anilines is 1. The van der Waals surface area contributed by atoms with Crippen LogP contribution in [0.3, 0.4) is 0 Å². The van der Waals surface area contributed by atoms with Crippen LogP contribution < -0.4 is 10.6 Å². The Bertz CT molecular complexity index is 1380. The number of fused-ring (bicyclic) bond motifs is 5. The maximum Gasteiger partial charge on any atom is 0.345 e. The SMILES string of the molecule is CC(=O)[C@@]1(OC(=O)COC(=O)C(N)Cc2cccc(N(CCCl)CCCl)c2)CC[C@H]2[C@@H]3CCC4=CC(=O)CC[C@]4(C)[C@H]3CC[C@@]21C. The molecule has 0 aliphatic heterocycles. The number of nitrogens with two attached hydrogens (primary N) is 1. The molecule has 0 heterocycles. The molecular formula is C36H48Cl2N2O6. The molecule has 0 amide bonds. The standard InChI is InChI=1S/C36H48Cl2N2O6/c1-23(41)36(14-11-30-28-8-7-25-21-27(42)9-12-34(25,2)29(28)10-13-35(30,36)3)46-32(43)22-45-33(44)31(39)20-24-5-4-6-26(19-24)40(17-15-37)18-16-38/h4-6,19,21,28-31H,7-18,20,22,39H2,1-3H3/t28-,29+,30+,31?,34+,35+,36+/m1/s1. The minimum atomic E-state index is -1.26. The number of carbonyl (C=O) groups excluding carboxylic acids is 4. The molecule has 10 heteroatoms. The molecule has 0 bridgehead atoms. The largest absolute Gasteiger partial charge is 0.453 e. The van der Waals surface area contributed by atoms with Crippen LogP contribution in [0, 0.1) is 28.6 Å². The van der Waals surface area contributed by atoms with E-state index in [0.717, 1.165) is 49.8 Å². The lowest BCUT2D eigenvalue weighted by molar-refractivity contribution is -0.193. The number of halogens is 2. The first-order chi connectivity index (χ1) is 21.9. The van der Waals surface area contributed by atoms with Crippen LogP contribution in [0.5, 0.6) is 0 Å². The van der Waals surface area contributed by atoms with Crippen LogP contribution in [0.1, 0.15) is 77.7 Å². The fourth-order valence-corrected chi connectivity index (χ4v) is 10.0. The third kappa shape index (κ3) is 6.38. The van der Waals surface area contributed by atoms with Gasteiger partial charge in [0.05, 0.1) is 0 Å². The van der Waals surface area contributed by atoms with Gasteiger partial charge in [0.2, 0.25) is 0 Å². The Labute approximate surface area is 282 Å². The molecule has 4 aliphatic carbocycles. The third-order valence-electron chi connectivity index (χ3n) is 12.0. The van der Waals surface area contributed by atoms with Crippen LogP contribution in [0.4, 0.5) is 5.69 Å². The van der Waals surface area contributed by atoms with Crippen molar-refractivity contribution in [3.63, 3.8) is 0 Å². The van der Waals surface area contributed by atoms with Crippen LogP contribution in [-0.2, 0) is 35.1 Å². The Morgan fingerprint density at radius 2 is 1.74 bits per heavy atom. The van der Waals surface area contributed by atoms with Gasteiger partial charge in [0.1, 0.15) is 6.04 Å². The number of nitrogens with zero attached hydrogens (tertiary/aromatic N) is 1. The first-order valence-corrected chi connectivity index (χ1v) is 17.8. The van der Waals surface area contributed by atoms with Gasteiger partial charge in [-0.25, -0.2) is 4.79 Å². The molecule has 1 aromatic rings. The summed E-state index contributed by atoms with van der Waals surface area (Å²) in [4.78, 5) is 53.7. The predicted octanol–water partition coefficient (Wildman–Crippen LogP) is 5.79. The molecule has 0 spiro atoms. The molecule has 8 nitrogen and oxygen atoms in total. The molecule has 7 atom stereocenters. The van der Waals surface area contributed by atoms with Gasteiger partial charge in [0.15, 0.2) is 23.8 Å². The Hall–Kier alpha value is -2.42. The van der Waals surface area contributed by atoms with Gasteiger partial charge in [-0.2, -0.15) is 0 Å². The first kappa shape index (κ1) is 34.9. The Morgan fingerprint density at radius 1 is 1.02 bits per heavy atom. The average Bonchev–Trinajstić information content (AvgIpc) is 3.33. The van der Waals surface area contributed by atoms with Gasteiger partial charge in [-0.05, 0) is 105 Å². The van der Waals surface area contributed by atoms with E-state index >= 15 is 0 Å². The second kappa shape index (κ2) is 14.0. The van der Waals surface area contributed by atoms with Gasteiger partial charge in [-0.15, -0.1) is 23.2 Å². The number of hydrogen-bond acceptors (Lipinski definition) is 8. The van der Waals surface area contributed by atoms with Crippen molar-refractivity contribution in [2.24, 2.45) is 34.3 Å². The summed E-state index contributed by atoms with van der Waals surface area (Å²) in [6.45, 7) is 6.62. The topological polar surface area (TPSA) is 116 Å². The van der Waals surface area contributed by atoms with Crippen molar-refractivity contribution in [3.05, 3.63) is 41.5 Å². The van der Waals surface area contributed by atoms with E-state index in [9.17, 15) is 19.2 Å². The van der Waals surface area contributed by atoms with Crippen LogP contribution in [0.2, 0.25) is 0 Å². The zero-order chi connectivity index (χ0) is 33.3. The van der Waals surface area contributed by atoms with Crippen LogP contribution in [0.25, 0.3) is 0 Å². The van der Waals surface area contributed by atoms with Crippen molar-refractivity contribution in [1.82, 2.24) is 0 Å². The van der Waals surface area contributed by atoms with Gasteiger partial charge in [-0.3, -0.25) is 14.4 Å². The molecule has 2 N–H and O–H groups in total. The molecule has 3 saturated carbocycles. The van der Waals surface area contributed by atoms with E-state index in [0.29, 0.717) is 49.5 Å². The number of allylic oxidation sites excluding steroid dienone is 1. The van der Waals surface area contributed by atoms with Crippen molar-refractivity contribution in [2.45, 2.75) is 90.2 Å². The summed E-state index contributed by atoms with van der Waals surface area (Å²) in [5.74, 6) is 0.630. The number of benzene rings is 1. The predicted molar refractivity (Wildman–Crippen MR) is 179 cm³/mol. The van der Waals surface area contributed by atoms with E-state index in [-0.39, 0.29) is 29.3 Å². The summed E-state index contributed by atoms with van der Waals surface area (Å²) < 4.78 is 11.4. The molecule has 0 aromatic heterocycles. The van der Waals surface area contributed by atoms with E-state index in [1.54, 1.807) is 0 Å². The number of alkyl halides is 2. The smallest absolute Gasteiger partial charge is 0.345 e. The quantitative estimate of drug-likeness (QED) is 0.219. The Kier molecular flexibility index (Phi) is 10.6. The van der Waals surface area contributed by atoms with Gasteiger partial charge >= 0.3 is 11.9 Å². The van der Waals surface area contributed by atoms with Crippen LogP contribution >= 0.6 is 23.2 Å². The lowest BCUT2D eigenvalue weighted by Crippen LogP contribution is -2.59. The summed E-state index contributed by atoms with van der Waals surface area (Å²) in [6, 6.07) is 6.68. The van der Waals surface area contributed by atoms with E-state index in [2.05, 4.69) is 18.7 Å². The molecule has 0 radical (unpaired) electrons. The molecule has 1 aromatic carbocycles. The minimum Gasteiger partial charge on any atom is -0.453 e. The Balaban J connectivity index is 1.21. The normalized spacial score (nSPS) is 32.3. The van der Waals surface area contributed by atoms with Crippen molar-refractivity contribution >= 4 is 52.4 Å². The first-order valence-electron chi connectivity index (χ1n) is 16.7. The van der Waals surface area contributed by atoms with Gasteiger partial charge in [0.25, 0.3) is 0 Å². The molecule has 252 valence electrons. The molecule has 5 rings (SSSR count). The monoisotopic (exact) mass is 674 g/mol. The maximum absolute atomic E-state index is 13.4. The van der Waals surface area contributed by atoms with E-state index < -0.39 is 35.6 Å². The minimum absolute atomic E-state index is 0.0122. The fourth-order valence-electron chi connectivity index (χ4n) is 9.63. The van der Waals surface area contributed by atoms with E-state index in [1.807, 2.05) is 30.3 Å². The number of carbonyl (C=O) groups is 4. The summed E-state index contributed by atoms with van der Waals surface area (Å²) in [7, 11) is 0. The fraction of sp³-hybridized carbons (Fsp3) is 0.667. The van der Waals surface area contributed by atoms with E-state index in [1.165, 1.54) is 12.5 Å². The molecule has 1 unspecified atom stereocenters. The number of hydrogen-bond donors (Lipinski definition) is 1. The summed E-state index contributed by atoms with van der Waals surface area (Å²) in [6.07, 6.45) is 8.44. The van der Waals surface area contributed by atoms with Crippen molar-refractivity contribution in [2.75, 3.05) is 36.4 Å². The highest BCUT2D eigenvalue weighted by Gasteiger charge is 2.68. The van der Waals surface area contributed by atoms with Crippen LogP contribution in [0.15, 0.2) is 35.9 Å². The van der Waals surface area contributed by atoms with Crippen molar-refractivity contribution in [3.8, 4) is 0 Å². The molecule has 0 saturated heterocycles. The summed E-state index contributed by atoms with van der Waals surface area (Å²) in [5, 5.41) is 0. The summed E-state index contributed by atoms with van der Waals surface area (Å²) >= 11 is 11.9. The summed E-state index contributed by atoms with van der Waals surface area (Å²) in [5.41, 5.74) is 7.51. The molecule has 3 fully saturated rings. The number of Topliss-reactive ketones (excluding diaryl/α,β-unsaturated/α-hetero) is 1. The number of ketones is 2. The maximum atomic E-state index is 13.4. The molecular weight excluding hydrogens is 627 g/mol. The molecule has 46 heavy (non-hydrogen) atoms. The second-order valence-electron chi connectivity index (χ2n) is 14.3. The number of esters is 2. The molecule has 4 aliphatic rings. The third-order valence-corrected chi connectivity index (χ3v) is 12.4.